The molecule has 0 amide bonds. The van der Waals surface area contributed by atoms with Crippen molar-refractivity contribution in [2.45, 2.75) is 17.9 Å². The van der Waals surface area contributed by atoms with Crippen molar-refractivity contribution in [3.63, 3.8) is 0 Å². The Bertz CT molecular complexity index is 440. The van der Waals surface area contributed by atoms with Crippen molar-refractivity contribution in [2.75, 3.05) is 14.2 Å². The monoisotopic (exact) mass is 309 g/mol. The van der Waals surface area contributed by atoms with Crippen LogP contribution in [0.2, 0.25) is 4.05 Å². The first kappa shape index (κ1) is 19.4. The molecule has 0 heterocycles. The fraction of sp³-hybridized carbons (Fsp3) is 0.417. The molecule has 0 aliphatic heterocycles. The second kappa shape index (κ2) is 10.1. The molecule has 1 rings (SSSR count). The lowest BCUT2D eigenvalue weighted by Crippen LogP contribution is -2.32. The molecule has 106 valence electrons. The summed E-state index contributed by atoms with van der Waals surface area (Å²) in [5.41, 5.74) is 0.437. The molecule has 0 saturated heterocycles. The van der Waals surface area contributed by atoms with E-state index in [1.54, 1.807) is 0 Å². The number of ether oxygens (including phenoxy) is 2. The average Bonchev–Trinajstić information content (AvgIpc) is 2.45. The van der Waals surface area contributed by atoms with Gasteiger partial charge in [0.05, 0.1) is 31.3 Å². The number of hydrogen-bond acceptors (Lipinski definition) is 5. The third kappa shape index (κ3) is 6.20. The molecule has 0 bridgehead atoms. The SMILES string of the molecule is COc1cc(C#N)cc(OC)c1B(O)O.C[CH](C)[Mg][Cl]. The molecule has 0 unspecified atom stereocenters. The fourth-order valence-electron chi connectivity index (χ4n) is 1.26. The smallest absolute Gasteiger partial charge is 0.497 e. The Morgan fingerprint density at radius 1 is 1.25 bits per heavy atom. The van der Waals surface area contributed by atoms with Crippen LogP contribution in [-0.4, -0.2) is 50.6 Å². The molecule has 0 aliphatic carbocycles. The summed E-state index contributed by atoms with van der Waals surface area (Å²) in [6.07, 6.45) is 0. The van der Waals surface area contributed by atoms with E-state index in [-0.39, 0.29) is 36.2 Å². The summed E-state index contributed by atoms with van der Waals surface area (Å²) in [7, 11) is 6.52. The van der Waals surface area contributed by atoms with Crippen molar-refractivity contribution >= 4 is 40.9 Å². The lowest BCUT2D eigenvalue weighted by atomic mass is 9.78. The second-order valence-electron chi connectivity index (χ2n) is 4.33. The van der Waals surface area contributed by atoms with Crippen molar-refractivity contribution in [2.24, 2.45) is 0 Å². The standard InChI is InChI=1S/C9H10BNO4.C3H7.ClH.Mg/c1-14-7-3-6(5-11)4-8(15-2)9(7)10(12)13;1-3-2;;/h3-4,12-13H,1-2H3;3H,1-2H3;1H;/q;;;+1/p-1. The first-order chi connectivity index (χ1) is 9.40. The van der Waals surface area contributed by atoms with Crippen LogP contribution in [0, 0.1) is 11.3 Å². The Morgan fingerprint density at radius 3 is 1.85 bits per heavy atom. The van der Waals surface area contributed by atoms with Crippen LogP contribution in [0.25, 0.3) is 0 Å². The molecular formula is C12H17BClMgNO4. The summed E-state index contributed by atoms with van der Waals surface area (Å²) in [6.45, 7) is 4.30. The molecule has 20 heavy (non-hydrogen) atoms. The highest BCUT2D eigenvalue weighted by atomic mass is 35.5. The Kier molecular flexibility index (Phi) is 9.80. The van der Waals surface area contributed by atoms with Gasteiger partial charge in [-0.15, -0.1) is 4.05 Å². The van der Waals surface area contributed by atoms with Gasteiger partial charge in [0.2, 0.25) is 0 Å². The Labute approximate surface area is 133 Å². The van der Waals surface area contributed by atoms with Gasteiger partial charge in [0, 0.05) is 0 Å². The molecule has 1 aromatic rings. The molecule has 0 saturated carbocycles. The molecule has 0 fully saturated rings. The second-order valence-corrected chi connectivity index (χ2v) is 7.20. The first-order valence-electron chi connectivity index (χ1n) is 5.99. The van der Waals surface area contributed by atoms with E-state index in [1.807, 2.05) is 6.07 Å². The summed E-state index contributed by atoms with van der Waals surface area (Å²) >= 11 is -0.179. The number of benzene rings is 1. The molecule has 0 aliphatic rings. The van der Waals surface area contributed by atoms with Gasteiger partial charge in [0.1, 0.15) is 11.5 Å². The van der Waals surface area contributed by atoms with Crippen LogP contribution < -0.4 is 14.9 Å². The minimum atomic E-state index is -1.71. The van der Waals surface area contributed by atoms with Crippen LogP contribution in [0.4, 0.5) is 0 Å². The number of nitrogens with zero attached hydrogens (tertiary/aromatic N) is 1. The van der Waals surface area contributed by atoms with Crippen molar-refractivity contribution in [1.29, 1.82) is 5.26 Å². The van der Waals surface area contributed by atoms with E-state index in [1.165, 1.54) is 26.4 Å². The van der Waals surface area contributed by atoms with Gasteiger partial charge in [-0.2, -0.15) is 5.26 Å². The highest BCUT2D eigenvalue weighted by molar-refractivity contribution is 6.94. The van der Waals surface area contributed by atoms with E-state index in [0.717, 1.165) is 4.05 Å². The Morgan fingerprint density at radius 2 is 1.65 bits per heavy atom. The van der Waals surface area contributed by atoms with Crippen LogP contribution in [0.1, 0.15) is 19.4 Å². The zero-order chi connectivity index (χ0) is 15.7. The Hall–Kier alpha value is -0.649. The highest BCUT2D eigenvalue weighted by Gasteiger charge is 2.23. The van der Waals surface area contributed by atoms with Gasteiger partial charge >= 0.3 is 26.4 Å². The summed E-state index contributed by atoms with van der Waals surface area (Å²) < 4.78 is 10.7. The normalized spacial score (nSPS) is 8.95. The van der Waals surface area contributed by atoms with Gasteiger partial charge in [-0.25, -0.2) is 0 Å². The van der Waals surface area contributed by atoms with E-state index >= 15 is 0 Å². The molecule has 0 radical (unpaired) electrons. The van der Waals surface area contributed by atoms with E-state index in [2.05, 4.69) is 13.8 Å². The maximum Gasteiger partial charge on any atom is 0.503 e. The zero-order valence-electron chi connectivity index (χ0n) is 12.1. The molecule has 0 aromatic heterocycles. The van der Waals surface area contributed by atoms with Crippen molar-refractivity contribution in [3.05, 3.63) is 17.7 Å². The maximum absolute atomic E-state index is 9.12. The first-order valence-corrected chi connectivity index (χ1v) is 8.94. The van der Waals surface area contributed by atoms with Crippen LogP contribution in [0.5, 0.6) is 11.5 Å². The van der Waals surface area contributed by atoms with Gasteiger partial charge in [-0.1, -0.05) is 13.8 Å². The molecule has 0 atom stereocenters. The number of methoxy groups -OCH3 is 2. The number of nitriles is 1. The summed E-state index contributed by atoms with van der Waals surface area (Å²) in [5, 5.41) is 27.0. The topological polar surface area (TPSA) is 82.7 Å². The van der Waals surface area contributed by atoms with Crippen LogP contribution in [-0.2, 0) is 0 Å². The molecule has 5 nitrogen and oxygen atoms in total. The lowest BCUT2D eigenvalue weighted by Gasteiger charge is -2.12. The third-order valence-electron chi connectivity index (χ3n) is 2.24. The molecular weight excluding hydrogens is 293 g/mol. The number of hydrogen-bond donors (Lipinski definition) is 2. The van der Waals surface area contributed by atoms with Crippen LogP contribution in [0.15, 0.2) is 12.1 Å². The van der Waals surface area contributed by atoms with E-state index in [4.69, 9.17) is 33.9 Å². The van der Waals surface area contributed by atoms with Crippen molar-refractivity contribution < 1.29 is 19.5 Å². The van der Waals surface area contributed by atoms with Gasteiger partial charge in [0.15, 0.2) is 0 Å². The number of rotatable bonds is 4. The van der Waals surface area contributed by atoms with Crippen LogP contribution in [0.3, 0.4) is 0 Å². The van der Waals surface area contributed by atoms with Gasteiger partial charge in [-0.3, -0.25) is 0 Å². The van der Waals surface area contributed by atoms with Gasteiger partial charge in [0.25, 0.3) is 0 Å². The lowest BCUT2D eigenvalue weighted by molar-refractivity contribution is 0.385. The maximum atomic E-state index is 9.12. The van der Waals surface area contributed by atoms with Crippen LogP contribution >= 0.6 is 9.07 Å². The zero-order valence-corrected chi connectivity index (χ0v) is 14.2. The van der Waals surface area contributed by atoms with Crippen molar-refractivity contribution in [3.8, 4) is 17.6 Å². The predicted molar refractivity (Wildman–Crippen MR) is 80.8 cm³/mol. The fourth-order valence-corrected chi connectivity index (χ4v) is 1.26. The van der Waals surface area contributed by atoms with Gasteiger partial charge in [-0.05, 0) is 12.1 Å². The average molecular weight is 310 g/mol. The van der Waals surface area contributed by atoms with E-state index in [9.17, 15) is 0 Å². The third-order valence-corrected chi connectivity index (χ3v) is 4.71. The summed E-state index contributed by atoms with van der Waals surface area (Å²) in [4.78, 5) is 0. The molecule has 0 spiro atoms. The van der Waals surface area contributed by atoms with E-state index in [0.29, 0.717) is 5.56 Å². The van der Waals surface area contributed by atoms with Crippen molar-refractivity contribution in [1.82, 2.24) is 0 Å². The number of halogens is 1. The summed E-state index contributed by atoms with van der Waals surface area (Å²) in [6, 6.07) is 4.75. The molecule has 8 heteroatoms. The van der Waals surface area contributed by atoms with E-state index < -0.39 is 7.12 Å². The predicted octanol–water partition coefficient (Wildman–Crippen LogP) is 0.928. The minimum absolute atomic E-state index is 0.110. The molecule has 1 aromatic carbocycles. The Balaban J connectivity index is 0.000000621. The quantitative estimate of drug-likeness (QED) is 0.808. The highest BCUT2D eigenvalue weighted by Crippen LogP contribution is 2.19. The largest absolute Gasteiger partial charge is 0.503 e. The summed E-state index contributed by atoms with van der Waals surface area (Å²) in [5.74, 6) is 0.418. The minimum Gasteiger partial charge on any atom is -0.497 e. The molecule has 2 N–H and O–H groups in total. The van der Waals surface area contributed by atoms with Gasteiger partial charge < -0.3 is 28.6 Å².